The summed E-state index contributed by atoms with van der Waals surface area (Å²) in [6.45, 7) is 0. The number of hydrogen-bond acceptors (Lipinski definition) is 1. The molecule has 1 heteroatoms. The lowest BCUT2D eigenvalue weighted by Crippen LogP contribution is -2.27. The molecule has 0 heterocycles. The summed E-state index contributed by atoms with van der Waals surface area (Å²) in [4.78, 5) is 0. The molecular weight excluding hydrogens is 170 g/mol. The van der Waals surface area contributed by atoms with E-state index in [9.17, 15) is 0 Å². The fourth-order valence-corrected chi connectivity index (χ4v) is 3.83. The molecule has 1 nitrogen and oxygen atoms in total. The highest BCUT2D eigenvalue weighted by Crippen LogP contribution is 2.55. The van der Waals surface area contributed by atoms with Crippen LogP contribution in [0, 0.1) is 22.7 Å². The topological polar surface area (TPSA) is 23.9 Å². The Balaban J connectivity index is 1.83. The van der Waals surface area contributed by atoms with Gasteiger partial charge in [0.15, 0.2) is 0 Å². The summed E-state index contributed by atoms with van der Waals surface area (Å²) in [6.07, 6.45) is 14.3. The molecule has 2 unspecified atom stereocenters. The molecular formula is C13H19N. The zero-order chi connectivity index (χ0) is 9.60. The number of fused-ring (bicyclic) bond motifs is 2. The van der Waals surface area contributed by atoms with Gasteiger partial charge in [-0.15, -0.1) is 0 Å². The minimum Gasteiger partial charge on any atom is -0.309 e. The maximum atomic E-state index is 7.93. The van der Waals surface area contributed by atoms with Gasteiger partial charge in [-0.3, -0.25) is 0 Å². The van der Waals surface area contributed by atoms with Crippen molar-refractivity contribution < 1.29 is 0 Å². The third-order valence-corrected chi connectivity index (χ3v) is 4.65. The van der Waals surface area contributed by atoms with Gasteiger partial charge in [0, 0.05) is 11.6 Å². The number of nitrogens with one attached hydrogen (secondary N) is 1. The Hall–Kier alpha value is -0.590. The summed E-state index contributed by atoms with van der Waals surface area (Å²) >= 11 is 0. The molecule has 0 spiro atoms. The molecule has 0 saturated heterocycles. The van der Waals surface area contributed by atoms with Crippen molar-refractivity contribution in [1.29, 1.82) is 5.41 Å². The lowest BCUT2D eigenvalue weighted by Gasteiger charge is -2.36. The van der Waals surface area contributed by atoms with Gasteiger partial charge in [-0.05, 0) is 37.0 Å². The number of hydrogen-bond donors (Lipinski definition) is 1. The molecule has 14 heavy (non-hydrogen) atoms. The van der Waals surface area contributed by atoms with Gasteiger partial charge in [0.25, 0.3) is 0 Å². The Morgan fingerprint density at radius 2 is 2.00 bits per heavy atom. The molecule has 2 fully saturated rings. The van der Waals surface area contributed by atoms with Crippen molar-refractivity contribution in [3.05, 3.63) is 12.2 Å². The maximum Gasteiger partial charge on any atom is 0.0167 e. The van der Waals surface area contributed by atoms with Crippen molar-refractivity contribution in [3.63, 3.8) is 0 Å². The van der Waals surface area contributed by atoms with E-state index in [0.717, 1.165) is 18.1 Å². The summed E-state index contributed by atoms with van der Waals surface area (Å²) in [5.74, 6) is 1.43. The first kappa shape index (κ1) is 8.70. The monoisotopic (exact) mass is 189 g/mol. The predicted molar refractivity (Wildman–Crippen MR) is 58.6 cm³/mol. The minimum atomic E-state index is 0.447. The Bertz CT molecular complexity index is 286. The zero-order valence-electron chi connectivity index (χ0n) is 8.76. The minimum absolute atomic E-state index is 0.447. The molecule has 2 bridgehead atoms. The van der Waals surface area contributed by atoms with Crippen molar-refractivity contribution in [2.75, 3.05) is 0 Å². The summed E-state index contributed by atoms with van der Waals surface area (Å²) in [5, 5.41) is 7.93. The Labute approximate surface area is 86.1 Å². The van der Waals surface area contributed by atoms with Gasteiger partial charge in [-0.1, -0.05) is 31.4 Å². The highest BCUT2D eigenvalue weighted by Gasteiger charge is 2.48. The molecule has 0 amide bonds. The first-order valence-electron chi connectivity index (χ1n) is 6.07. The molecule has 0 aromatic heterocycles. The quantitative estimate of drug-likeness (QED) is 0.610. The van der Waals surface area contributed by atoms with Crippen LogP contribution in [-0.4, -0.2) is 5.71 Å². The highest BCUT2D eigenvalue weighted by molar-refractivity contribution is 5.90. The third kappa shape index (κ3) is 1.11. The molecule has 0 radical (unpaired) electrons. The summed E-state index contributed by atoms with van der Waals surface area (Å²) < 4.78 is 0. The van der Waals surface area contributed by atoms with Crippen molar-refractivity contribution in [1.82, 2.24) is 0 Å². The molecule has 0 aromatic rings. The summed E-state index contributed by atoms with van der Waals surface area (Å²) in [5.41, 5.74) is 1.46. The predicted octanol–water partition coefficient (Wildman–Crippen LogP) is 3.55. The van der Waals surface area contributed by atoms with Gasteiger partial charge in [-0.2, -0.15) is 0 Å². The van der Waals surface area contributed by atoms with Crippen LogP contribution < -0.4 is 0 Å². The van der Waals surface area contributed by atoms with E-state index < -0.39 is 0 Å². The second-order valence-corrected chi connectivity index (χ2v) is 5.44. The molecule has 2 atom stereocenters. The lowest BCUT2D eigenvalue weighted by molar-refractivity contribution is 0.184. The summed E-state index contributed by atoms with van der Waals surface area (Å²) in [7, 11) is 0. The molecule has 3 rings (SSSR count). The van der Waals surface area contributed by atoms with Gasteiger partial charge in [-0.25, -0.2) is 0 Å². The molecule has 2 saturated carbocycles. The van der Waals surface area contributed by atoms with Crippen LogP contribution in [0.2, 0.25) is 0 Å². The van der Waals surface area contributed by atoms with E-state index in [0.29, 0.717) is 11.3 Å². The van der Waals surface area contributed by atoms with E-state index in [1.165, 1.54) is 38.5 Å². The second kappa shape index (κ2) is 2.95. The van der Waals surface area contributed by atoms with Gasteiger partial charge in [0.1, 0.15) is 0 Å². The Morgan fingerprint density at radius 1 is 1.21 bits per heavy atom. The lowest BCUT2D eigenvalue weighted by atomic mass is 9.68. The fraction of sp³-hybridized carbons (Fsp3) is 0.769. The standard InChI is InChI=1S/C13H19N/c14-12-9-13(7-6-10(12)8-13)11-4-2-1-3-5-11/h6-7,10-11,14H,1-5,8-9H2. The number of allylic oxidation sites excluding steroid dienone is 2. The van der Waals surface area contributed by atoms with Gasteiger partial charge >= 0.3 is 0 Å². The van der Waals surface area contributed by atoms with E-state index >= 15 is 0 Å². The van der Waals surface area contributed by atoms with Crippen LogP contribution in [0.5, 0.6) is 0 Å². The smallest absolute Gasteiger partial charge is 0.0167 e. The molecule has 3 aliphatic rings. The Morgan fingerprint density at radius 3 is 2.57 bits per heavy atom. The first-order valence-corrected chi connectivity index (χ1v) is 6.07. The second-order valence-electron chi connectivity index (χ2n) is 5.44. The fourth-order valence-electron chi connectivity index (χ4n) is 3.83. The van der Waals surface area contributed by atoms with Crippen molar-refractivity contribution >= 4 is 5.71 Å². The van der Waals surface area contributed by atoms with Crippen LogP contribution in [0.1, 0.15) is 44.9 Å². The average molecular weight is 189 g/mol. The van der Waals surface area contributed by atoms with Crippen LogP contribution in [0.15, 0.2) is 12.2 Å². The molecule has 0 aliphatic heterocycles. The molecule has 1 N–H and O–H groups in total. The van der Waals surface area contributed by atoms with E-state index in [4.69, 9.17) is 5.41 Å². The van der Waals surface area contributed by atoms with E-state index in [-0.39, 0.29) is 0 Å². The van der Waals surface area contributed by atoms with E-state index in [1.54, 1.807) is 0 Å². The molecule has 0 aromatic carbocycles. The molecule has 76 valence electrons. The van der Waals surface area contributed by atoms with Gasteiger partial charge in [0.2, 0.25) is 0 Å². The van der Waals surface area contributed by atoms with Crippen LogP contribution in [0.3, 0.4) is 0 Å². The van der Waals surface area contributed by atoms with Crippen LogP contribution in [0.4, 0.5) is 0 Å². The van der Waals surface area contributed by atoms with Crippen LogP contribution in [0.25, 0.3) is 0 Å². The highest BCUT2D eigenvalue weighted by atomic mass is 14.6. The van der Waals surface area contributed by atoms with Crippen LogP contribution >= 0.6 is 0 Å². The normalized spacial score (nSPS) is 42.3. The first-order chi connectivity index (χ1) is 6.80. The summed E-state index contributed by atoms with van der Waals surface area (Å²) in [6, 6.07) is 0. The van der Waals surface area contributed by atoms with E-state index in [2.05, 4.69) is 12.2 Å². The SMILES string of the molecule is N=C1CC2(C3CCCCC3)C=CC1C2. The maximum absolute atomic E-state index is 7.93. The van der Waals surface area contributed by atoms with Crippen molar-refractivity contribution in [2.45, 2.75) is 44.9 Å². The largest absolute Gasteiger partial charge is 0.309 e. The van der Waals surface area contributed by atoms with Gasteiger partial charge < -0.3 is 5.41 Å². The Kier molecular flexibility index (Phi) is 1.83. The van der Waals surface area contributed by atoms with Crippen molar-refractivity contribution in [2.24, 2.45) is 17.3 Å². The average Bonchev–Trinajstić information content (AvgIpc) is 2.77. The van der Waals surface area contributed by atoms with E-state index in [1.807, 2.05) is 0 Å². The van der Waals surface area contributed by atoms with Crippen molar-refractivity contribution in [3.8, 4) is 0 Å². The number of rotatable bonds is 1. The van der Waals surface area contributed by atoms with Crippen LogP contribution in [-0.2, 0) is 0 Å². The van der Waals surface area contributed by atoms with Gasteiger partial charge in [0.05, 0.1) is 0 Å². The molecule has 3 aliphatic carbocycles. The third-order valence-electron chi connectivity index (χ3n) is 4.65. The zero-order valence-corrected chi connectivity index (χ0v) is 8.76.